The first-order chi connectivity index (χ1) is 16.5. The third-order valence-electron chi connectivity index (χ3n) is 6.62. The van der Waals surface area contributed by atoms with E-state index in [1.165, 1.54) is 16.7 Å². The number of nitrogens with zero attached hydrogens (tertiary/aromatic N) is 3. The molecule has 0 bridgehead atoms. The fourth-order valence-corrected chi connectivity index (χ4v) is 4.16. The van der Waals surface area contributed by atoms with Gasteiger partial charge in [0, 0.05) is 18.8 Å². The van der Waals surface area contributed by atoms with Crippen molar-refractivity contribution in [2.75, 3.05) is 33.8 Å². The summed E-state index contributed by atoms with van der Waals surface area (Å²) in [4.78, 5) is 20.9. The van der Waals surface area contributed by atoms with E-state index in [4.69, 9.17) is 9.47 Å². The van der Waals surface area contributed by atoms with Crippen LogP contribution in [0.4, 0.5) is 4.79 Å². The topological polar surface area (TPSA) is 54.9 Å². The lowest BCUT2D eigenvalue weighted by molar-refractivity contribution is -0.0141. The standard InChI is InChI=1S/C29H43N3O3/c1-21(24-12-9-23(10-13-24)14-16-31(6)7)8-11-25-18-27(19-30-22(25)2)34-20-26-15-17-32(26)28(33)35-29(3,4)5/h9-10,12-13,18-19,21,26H,8,11,14-17,20H2,1-7H3/t21-,26+/m1/s1. The highest BCUT2D eigenvalue weighted by molar-refractivity contribution is 5.69. The Morgan fingerprint density at radius 2 is 1.91 bits per heavy atom. The van der Waals surface area contributed by atoms with Gasteiger partial charge in [0.05, 0.1) is 12.2 Å². The first-order valence-electron chi connectivity index (χ1n) is 12.8. The summed E-state index contributed by atoms with van der Waals surface area (Å²) in [6, 6.07) is 11.2. The molecule has 2 atom stereocenters. The van der Waals surface area contributed by atoms with Gasteiger partial charge < -0.3 is 19.3 Å². The largest absolute Gasteiger partial charge is 0.490 e. The molecule has 1 aliphatic heterocycles. The van der Waals surface area contributed by atoms with E-state index in [9.17, 15) is 4.79 Å². The van der Waals surface area contributed by atoms with Gasteiger partial charge >= 0.3 is 6.09 Å². The predicted octanol–water partition coefficient (Wildman–Crippen LogP) is 5.62. The second-order valence-electron chi connectivity index (χ2n) is 11.1. The number of hydrogen-bond acceptors (Lipinski definition) is 5. The zero-order chi connectivity index (χ0) is 25.6. The number of aryl methyl sites for hydroxylation is 2. The summed E-state index contributed by atoms with van der Waals surface area (Å²) in [5.74, 6) is 1.23. The Morgan fingerprint density at radius 1 is 1.20 bits per heavy atom. The quantitative estimate of drug-likeness (QED) is 0.441. The van der Waals surface area contributed by atoms with Crippen molar-refractivity contribution in [1.29, 1.82) is 0 Å². The van der Waals surface area contributed by atoms with E-state index >= 15 is 0 Å². The molecule has 1 fully saturated rings. The summed E-state index contributed by atoms with van der Waals surface area (Å²) in [5.41, 5.74) is 4.54. The van der Waals surface area contributed by atoms with Gasteiger partial charge in [-0.3, -0.25) is 4.98 Å². The minimum Gasteiger partial charge on any atom is -0.490 e. The maximum atomic E-state index is 12.3. The highest BCUT2D eigenvalue weighted by Gasteiger charge is 2.35. The van der Waals surface area contributed by atoms with Crippen molar-refractivity contribution in [2.45, 2.75) is 77.9 Å². The van der Waals surface area contributed by atoms with E-state index in [0.29, 0.717) is 12.5 Å². The van der Waals surface area contributed by atoms with E-state index in [0.717, 1.165) is 50.2 Å². The van der Waals surface area contributed by atoms with Crippen LogP contribution >= 0.6 is 0 Å². The number of likely N-dealkylation sites (tertiary alicyclic amines) is 1. The van der Waals surface area contributed by atoms with Crippen LogP contribution in [-0.2, 0) is 17.6 Å². The second kappa shape index (κ2) is 11.9. The first kappa shape index (κ1) is 27.0. The Labute approximate surface area is 211 Å². The molecule has 1 aliphatic rings. The molecule has 0 aliphatic carbocycles. The molecule has 0 saturated carbocycles. The number of ether oxygens (including phenoxy) is 2. The monoisotopic (exact) mass is 481 g/mol. The molecule has 6 nitrogen and oxygen atoms in total. The minimum atomic E-state index is -0.487. The summed E-state index contributed by atoms with van der Waals surface area (Å²) < 4.78 is 11.5. The molecule has 192 valence electrons. The maximum absolute atomic E-state index is 12.3. The molecule has 3 rings (SSSR count). The van der Waals surface area contributed by atoms with Crippen LogP contribution in [-0.4, -0.2) is 66.3 Å². The Bertz CT molecular complexity index is 966. The molecule has 1 saturated heterocycles. The van der Waals surface area contributed by atoms with Gasteiger partial charge in [-0.2, -0.15) is 0 Å². The zero-order valence-electron chi connectivity index (χ0n) is 22.6. The fraction of sp³-hybridized carbons (Fsp3) is 0.586. The van der Waals surface area contributed by atoms with E-state index in [2.05, 4.69) is 68.2 Å². The fourth-order valence-electron chi connectivity index (χ4n) is 4.16. The first-order valence-corrected chi connectivity index (χ1v) is 12.8. The van der Waals surface area contributed by atoms with E-state index in [1.807, 2.05) is 20.8 Å². The molecule has 2 heterocycles. The number of benzene rings is 1. The number of carbonyl (C=O) groups is 1. The van der Waals surface area contributed by atoms with Crippen molar-refractivity contribution in [2.24, 2.45) is 0 Å². The predicted molar refractivity (Wildman–Crippen MR) is 141 cm³/mol. The number of amides is 1. The average Bonchev–Trinajstić information content (AvgIpc) is 2.76. The number of hydrogen-bond donors (Lipinski definition) is 0. The van der Waals surface area contributed by atoms with Crippen LogP contribution < -0.4 is 4.74 Å². The van der Waals surface area contributed by atoms with Crippen molar-refractivity contribution in [3.05, 3.63) is 58.9 Å². The smallest absolute Gasteiger partial charge is 0.410 e. The van der Waals surface area contributed by atoms with Crippen LogP contribution in [0.15, 0.2) is 36.5 Å². The van der Waals surface area contributed by atoms with E-state index in [1.54, 1.807) is 11.1 Å². The SMILES string of the molecule is Cc1ncc(OC[C@@H]2CCN2C(=O)OC(C)(C)C)cc1CC[C@@H](C)c1ccc(CCN(C)C)cc1. The Morgan fingerprint density at radius 3 is 2.51 bits per heavy atom. The third-order valence-corrected chi connectivity index (χ3v) is 6.62. The molecule has 1 aromatic heterocycles. The molecule has 1 amide bonds. The van der Waals surface area contributed by atoms with E-state index in [-0.39, 0.29) is 12.1 Å². The minimum absolute atomic E-state index is 0.0512. The summed E-state index contributed by atoms with van der Waals surface area (Å²) >= 11 is 0. The Kier molecular flexibility index (Phi) is 9.17. The summed E-state index contributed by atoms with van der Waals surface area (Å²) in [6.45, 7) is 12.3. The van der Waals surface area contributed by atoms with Crippen LogP contribution in [0, 0.1) is 6.92 Å². The van der Waals surface area contributed by atoms with Crippen molar-refractivity contribution in [3.8, 4) is 5.75 Å². The number of rotatable bonds is 10. The van der Waals surface area contributed by atoms with Gasteiger partial charge in [-0.05, 0) is 96.1 Å². The Balaban J connectivity index is 1.51. The molecule has 2 aromatic rings. The molecule has 35 heavy (non-hydrogen) atoms. The summed E-state index contributed by atoms with van der Waals surface area (Å²) in [5, 5.41) is 0. The molecule has 0 radical (unpaired) electrons. The molecule has 1 aromatic carbocycles. The van der Waals surface area contributed by atoms with Crippen LogP contribution in [0.1, 0.15) is 68.8 Å². The molecule has 0 N–H and O–H groups in total. The van der Waals surface area contributed by atoms with Gasteiger partial charge in [-0.25, -0.2) is 4.79 Å². The van der Waals surface area contributed by atoms with Gasteiger partial charge in [-0.15, -0.1) is 0 Å². The number of carbonyl (C=O) groups excluding carboxylic acids is 1. The van der Waals surface area contributed by atoms with Crippen molar-refractivity contribution in [3.63, 3.8) is 0 Å². The van der Waals surface area contributed by atoms with Crippen LogP contribution in [0.5, 0.6) is 5.75 Å². The number of pyridine rings is 1. The van der Waals surface area contributed by atoms with Crippen molar-refractivity contribution in [1.82, 2.24) is 14.8 Å². The normalized spacial score (nSPS) is 16.7. The molecular weight excluding hydrogens is 438 g/mol. The Hall–Kier alpha value is -2.60. The number of likely N-dealkylation sites (N-methyl/N-ethyl adjacent to an activating group) is 1. The van der Waals surface area contributed by atoms with Gasteiger partial charge in [0.25, 0.3) is 0 Å². The third kappa shape index (κ3) is 8.24. The molecule has 6 heteroatoms. The van der Waals surface area contributed by atoms with Gasteiger partial charge in [0.2, 0.25) is 0 Å². The molecule has 0 spiro atoms. The highest BCUT2D eigenvalue weighted by Crippen LogP contribution is 2.26. The maximum Gasteiger partial charge on any atom is 0.410 e. The van der Waals surface area contributed by atoms with Gasteiger partial charge in [-0.1, -0.05) is 31.2 Å². The summed E-state index contributed by atoms with van der Waals surface area (Å²) in [6.07, 6.45) is 5.53. The molecular formula is C29H43N3O3. The summed E-state index contributed by atoms with van der Waals surface area (Å²) in [7, 11) is 4.22. The highest BCUT2D eigenvalue weighted by atomic mass is 16.6. The lowest BCUT2D eigenvalue weighted by Crippen LogP contribution is -2.55. The van der Waals surface area contributed by atoms with Crippen LogP contribution in [0.25, 0.3) is 0 Å². The second-order valence-corrected chi connectivity index (χ2v) is 11.1. The lowest BCUT2D eigenvalue weighted by Gasteiger charge is -2.41. The van der Waals surface area contributed by atoms with Crippen LogP contribution in [0.2, 0.25) is 0 Å². The zero-order valence-corrected chi connectivity index (χ0v) is 22.6. The van der Waals surface area contributed by atoms with Gasteiger partial charge in [0.1, 0.15) is 18.0 Å². The average molecular weight is 482 g/mol. The van der Waals surface area contributed by atoms with Crippen molar-refractivity contribution >= 4 is 6.09 Å². The number of aromatic nitrogens is 1. The van der Waals surface area contributed by atoms with Crippen molar-refractivity contribution < 1.29 is 14.3 Å². The van der Waals surface area contributed by atoms with E-state index < -0.39 is 5.60 Å². The van der Waals surface area contributed by atoms with Gasteiger partial charge in [0.15, 0.2) is 0 Å². The molecule has 0 unspecified atom stereocenters. The lowest BCUT2D eigenvalue weighted by atomic mass is 9.93. The van der Waals surface area contributed by atoms with Crippen LogP contribution in [0.3, 0.4) is 0 Å².